The molecule has 0 bridgehead atoms. The number of halogens is 1. The number of hydrogen-bond donors (Lipinski definition) is 3. The van der Waals surface area contributed by atoms with Gasteiger partial charge in [0.05, 0.1) is 0 Å². The molecule has 2 aromatic rings. The van der Waals surface area contributed by atoms with Crippen LogP contribution in [0.5, 0.6) is 0 Å². The van der Waals surface area contributed by atoms with Gasteiger partial charge < -0.3 is 10.4 Å². The first kappa shape index (κ1) is 14.2. The van der Waals surface area contributed by atoms with Crippen LogP contribution in [0.2, 0.25) is 0 Å². The lowest BCUT2D eigenvalue weighted by Gasteiger charge is -2.11. The Morgan fingerprint density at radius 2 is 2.10 bits per heavy atom. The van der Waals surface area contributed by atoms with E-state index in [1.807, 2.05) is 19.1 Å². The fourth-order valence-corrected chi connectivity index (χ4v) is 2.05. The van der Waals surface area contributed by atoms with Crippen molar-refractivity contribution in [3.8, 4) is 0 Å². The Bertz CT molecular complexity index is 686. The Balaban J connectivity index is 2.41. The van der Waals surface area contributed by atoms with Crippen LogP contribution in [0.4, 0.5) is 11.5 Å². The van der Waals surface area contributed by atoms with Gasteiger partial charge in [-0.15, -0.1) is 0 Å². The number of pyridine rings is 1. The lowest BCUT2D eigenvalue weighted by molar-refractivity contribution is -0.129. The average Bonchev–Trinajstić information content (AvgIpc) is 2.40. The second-order valence-corrected chi connectivity index (χ2v) is 5.13. The van der Waals surface area contributed by atoms with Gasteiger partial charge in [-0.05, 0) is 42.8 Å². The molecule has 0 aliphatic rings. The molecule has 0 aliphatic carbocycles. The highest BCUT2D eigenvalue weighted by Gasteiger charge is 2.15. The number of aryl methyl sites for hydroxylation is 1. The number of hydrogen-bond acceptors (Lipinski definition) is 4. The van der Waals surface area contributed by atoms with Crippen molar-refractivity contribution in [3.05, 3.63) is 52.1 Å². The van der Waals surface area contributed by atoms with Crippen LogP contribution in [-0.2, 0) is 4.79 Å². The zero-order valence-electron chi connectivity index (χ0n) is 10.6. The van der Waals surface area contributed by atoms with Gasteiger partial charge in [0.2, 0.25) is 0 Å². The summed E-state index contributed by atoms with van der Waals surface area (Å²) in [7, 11) is 0. The molecule has 0 atom stereocenters. The molecule has 0 saturated carbocycles. The van der Waals surface area contributed by atoms with E-state index in [2.05, 4.69) is 26.2 Å². The van der Waals surface area contributed by atoms with Gasteiger partial charge >= 0.3 is 5.97 Å². The predicted molar refractivity (Wildman–Crippen MR) is 80.9 cm³/mol. The number of aliphatic carboxylic acids is 1. The van der Waals surface area contributed by atoms with E-state index in [-0.39, 0.29) is 0 Å². The summed E-state index contributed by atoms with van der Waals surface area (Å²) in [6.45, 7) is 1.94. The fraction of sp³-hybridized carbons (Fsp3) is 0.0714. The van der Waals surface area contributed by atoms with Crippen molar-refractivity contribution < 1.29 is 9.90 Å². The SMILES string of the molecule is Cc1ccnc(Nc2ccc(Br)cc2C(=N)C(=O)O)c1. The first-order valence-corrected chi connectivity index (χ1v) is 6.58. The molecule has 20 heavy (non-hydrogen) atoms. The molecule has 0 radical (unpaired) electrons. The summed E-state index contributed by atoms with van der Waals surface area (Å²) >= 11 is 3.28. The number of nitrogens with zero attached hydrogens (tertiary/aromatic N) is 1. The molecular formula is C14H12BrN3O2. The molecule has 2 rings (SSSR count). The Hall–Kier alpha value is -2.21. The van der Waals surface area contributed by atoms with Crippen molar-refractivity contribution in [2.24, 2.45) is 0 Å². The van der Waals surface area contributed by atoms with Crippen LogP contribution in [-0.4, -0.2) is 21.8 Å². The highest BCUT2D eigenvalue weighted by atomic mass is 79.9. The smallest absolute Gasteiger partial charge is 0.354 e. The fourth-order valence-electron chi connectivity index (χ4n) is 1.69. The lowest BCUT2D eigenvalue weighted by Crippen LogP contribution is -2.14. The molecule has 1 aromatic heterocycles. The Labute approximate surface area is 124 Å². The van der Waals surface area contributed by atoms with Crippen LogP contribution in [0.15, 0.2) is 41.0 Å². The Morgan fingerprint density at radius 1 is 1.35 bits per heavy atom. The molecule has 6 heteroatoms. The molecule has 0 spiro atoms. The predicted octanol–water partition coefficient (Wildman–Crippen LogP) is 3.35. The molecule has 0 amide bonds. The van der Waals surface area contributed by atoms with Crippen molar-refractivity contribution in [2.75, 3.05) is 5.32 Å². The number of rotatable bonds is 4. The maximum atomic E-state index is 11.0. The third kappa shape index (κ3) is 3.21. The summed E-state index contributed by atoms with van der Waals surface area (Å²) in [6.07, 6.45) is 1.67. The molecule has 0 saturated heterocycles. The molecule has 0 aliphatic heterocycles. The van der Waals surface area contributed by atoms with Gasteiger partial charge in [-0.3, -0.25) is 5.41 Å². The number of aromatic nitrogens is 1. The zero-order valence-corrected chi connectivity index (χ0v) is 12.2. The molecule has 3 N–H and O–H groups in total. The summed E-state index contributed by atoms with van der Waals surface area (Å²) in [5.74, 6) is -0.671. The summed E-state index contributed by atoms with van der Waals surface area (Å²) in [4.78, 5) is 15.1. The minimum absolute atomic E-state index is 0.301. The molecule has 1 heterocycles. The van der Waals surface area contributed by atoms with Crippen LogP contribution in [0.25, 0.3) is 0 Å². The van der Waals surface area contributed by atoms with Crippen LogP contribution in [0.1, 0.15) is 11.1 Å². The number of carboxylic acids is 1. The van der Waals surface area contributed by atoms with Gasteiger partial charge in [-0.1, -0.05) is 15.9 Å². The first-order chi connectivity index (χ1) is 9.47. The van der Waals surface area contributed by atoms with Gasteiger partial charge in [-0.25, -0.2) is 9.78 Å². The van der Waals surface area contributed by atoms with Crippen molar-refractivity contribution in [1.82, 2.24) is 4.98 Å². The molecule has 102 valence electrons. The van der Waals surface area contributed by atoms with E-state index in [9.17, 15) is 4.79 Å². The highest BCUT2D eigenvalue weighted by Crippen LogP contribution is 2.24. The normalized spacial score (nSPS) is 10.1. The maximum Gasteiger partial charge on any atom is 0.354 e. The van der Waals surface area contributed by atoms with E-state index in [1.165, 1.54) is 0 Å². The number of carboxylic acid groups (broad SMARTS) is 1. The van der Waals surface area contributed by atoms with E-state index in [0.29, 0.717) is 21.5 Å². The minimum Gasteiger partial charge on any atom is -0.477 e. The zero-order chi connectivity index (χ0) is 14.7. The van der Waals surface area contributed by atoms with Gasteiger partial charge in [0.15, 0.2) is 0 Å². The van der Waals surface area contributed by atoms with Gasteiger partial charge in [0.25, 0.3) is 0 Å². The van der Waals surface area contributed by atoms with Crippen LogP contribution < -0.4 is 5.32 Å². The van der Waals surface area contributed by atoms with Crippen molar-refractivity contribution in [1.29, 1.82) is 5.41 Å². The van der Waals surface area contributed by atoms with Gasteiger partial charge in [0.1, 0.15) is 11.5 Å². The van der Waals surface area contributed by atoms with Crippen molar-refractivity contribution >= 4 is 39.1 Å². The van der Waals surface area contributed by atoms with E-state index in [4.69, 9.17) is 10.5 Å². The first-order valence-electron chi connectivity index (χ1n) is 5.79. The number of carbonyl (C=O) groups is 1. The number of benzene rings is 1. The van der Waals surface area contributed by atoms with Crippen LogP contribution in [0.3, 0.4) is 0 Å². The van der Waals surface area contributed by atoms with Crippen molar-refractivity contribution in [2.45, 2.75) is 6.92 Å². The maximum absolute atomic E-state index is 11.0. The topological polar surface area (TPSA) is 86.1 Å². The molecule has 1 aromatic carbocycles. The second-order valence-electron chi connectivity index (χ2n) is 4.21. The highest BCUT2D eigenvalue weighted by molar-refractivity contribution is 9.10. The van der Waals surface area contributed by atoms with E-state index >= 15 is 0 Å². The van der Waals surface area contributed by atoms with Crippen molar-refractivity contribution in [3.63, 3.8) is 0 Å². The van der Waals surface area contributed by atoms with E-state index in [0.717, 1.165) is 5.56 Å². The van der Waals surface area contributed by atoms with E-state index < -0.39 is 11.7 Å². The monoisotopic (exact) mass is 333 g/mol. The standard InChI is InChI=1S/C14H12BrN3O2/c1-8-4-5-17-12(6-8)18-11-3-2-9(15)7-10(11)13(16)14(19)20/h2-7,16H,1H3,(H,17,18)(H,19,20). The van der Waals surface area contributed by atoms with Gasteiger partial charge in [0, 0.05) is 21.9 Å². The summed E-state index contributed by atoms with van der Waals surface area (Å²) < 4.78 is 0.709. The third-order valence-corrected chi connectivity index (χ3v) is 3.14. The third-order valence-electron chi connectivity index (χ3n) is 2.64. The molecular weight excluding hydrogens is 322 g/mol. The average molecular weight is 334 g/mol. The summed E-state index contributed by atoms with van der Waals surface area (Å²) in [5, 5.41) is 19.7. The quantitative estimate of drug-likeness (QED) is 0.749. The molecule has 0 fully saturated rings. The summed E-state index contributed by atoms with van der Waals surface area (Å²) in [5.41, 5.74) is 1.39. The lowest BCUT2D eigenvalue weighted by atomic mass is 10.1. The molecule has 5 nitrogen and oxygen atoms in total. The van der Waals surface area contributed by atoms with Crippen LogP contribution in [0, 0.1) is 12.3 Å². The largest absolute Gasteiger partial charge is 0.477 e. The summed E-state index contributed by atoms with van der Waals surface area (Å²) in [6, 6.07) is 8.79. The Morgan fingerprint density at radius 3 is 2.75 bits per heavy atom. The second kappa shape index (κ2) is 5.83. The van der Waals surface area contributed by atoms with Gasteiger partial charge in [-0.2, -0.15) is 0 Å². The number of anilines is 2. The Kier molecular flexibility index (Phi) is 4.14. The molecule has 0 unspecified atom stereocenters. The van der Waals surface area contributed by atoms with Crippen LogP contribution >= 0.6 is 15.9 Å². The van der Waals surface area contributed by atoms with E-state index in [1.54, 1.807) is 24.4 Å². The minimum atomic E-state index is -1.27. The number of nitrogens with one attached hydrogen (secondary N) is 2.